The van der Waals surface area contributed by atoms with Crippen molar-refractivity contribution >= 4 is 23.0 Å². The lowest BCUT2D eigenvalue weighted by Gasteiger charge is -2.29. The Bertz CT molecular complexity index is 976. The molecule has 1 aliphatic rings. The summed E-state index contributed by atoms with van der Waals surface area (Å²) in [6.45, 7) is 1.41. The number of nitrogens with one attached hydrogen (secondary N) is 1. The van der Waals surface area contributed by atoms with Gasteiger partial charge in [0.1, 0.15) is 11.8 Å². The third-order valence-electron chi connectivity index (χ3n) is 5.13. The fourth-order valence-electron chi connectivity index (χ4n) is 3.78. The quantitative estimate of drug-likeness (QED) is 0.602. The van der Waals surface area contributed by atoms with Gasteiger partial charge in [0.05, 0.1) is 25.5 Å². The molecule has 29 heavy (non-hydrogen) atoms. The first kappa shape index (κ1) is 19.4. The highest BCUT2D eigenvalue weighted by Gasteiger charge is 2.42. The van der Waals surface area contributed by atoms with Crippen LogP contribution in [0.2, 0.25) is 0 Å². The number of anilines is 1. The number of ether oxygens (including phenoxy) is 2. The highest BCUT2D eigenvalue weighted by molar-refractivity contribution is 7.80. The minimum Gasteiger partial charge on any atom is -0.497 e. The van der Waals surface area contributed by atoms with E-state index in [9.17, 15) is 0 Å². The van der Waals surface area contributed by atoms with E-state index in [-0.39, 0.29) is 12.1 Å². The lowest BCUT2D eigenvalue weighted by molar-refractivity contribution is 0.186. The number of nitrogens with zero attached hydrogens (tertiary/aromatic N) is 3. The second-order valence-electron chi connectivity index (χ2n) is 6.82. The summed E-state index contributed by atoms with van der Waals surface area (Å²) in [4.78, 5) is 6.75. The lowest BCUT2D eigenvalue weighted by atomic mass is 10.0. The number of pyridine rings is 1. The normalized spacial score (nSPS) is 18.7. The van der Waals surface area contributed by atoms with Gasteiger partial charge in [-0.15, -0.1) is 0 Å². The van der Waals surface area contributed by atoms with Gasteiger partial charge in [0.15, 0.2) is 5.11 Å². The third kappa shape index (κ3) is 3.83. The Morgan fingerprint density at radius 3 is 2.76 bits per heavy atom. The second-order valence-corrected chi connectivity index (χ2v) is 7.20. The van der Waals surface area contributed by atoms with Crippen LogP contribution in [0.4, 0.5) is 5.69 Å². The molecule has 150 valence electrons. The summed E-state index contributed by atoms with van der Waals surface area (Å²) >= 11 is 5.77. The number of aromatic nitrogens is 2. The molecule has 1 N–H and O–H groups in total. The van der Waals surface area contributed by atoms with E-state index < -0.39 is 0 Å². The zero-order valence-electron chi connectivity index (χ0n) is 16.5. The first-order chi connectivity index (χ1) is 14.2. The largest absolute Gasteiger partial charge is 0.497 e. The smallest absolute Gasteiger partial charge is 0.174 e. The fraction of sp³-hybridized carbons (Fsp3) is 0.273. The zero-order chi connectivity index (χ0) is 20.2. The van der Waals surface area contributed by atoms with Crippen molar-refractivity contribution in [2.75, 3.05) is 25.7 Å². The van der Waals surface area contributed by atoms with Crippen LogP contribution in [0.5, 0.6) is 5.75 Å². The van der Waals surface area contributed by atoms with E-state index in [1.165, 1.54) is 0 Å². The average Bonchev–Trinajstić information content (AvgIpc) is 3.36. The van der Waals surface area contributed by atoms with E-state index >= 15 is 0 Å². The van der Waals surface area contributed by atoms with Crippen LogP contribution < -0.4 is 15.0 Å². The molecule has 1 saturated heterocycles. The van der Waals surface area contributed by atoms with E-state index in [0.29, 0.717) is 11.7 Å². The number of benzene rings is 1. The number of thiocarbonyl (C=S) groups is 1. The van der Waals surface area contributed by atoms with Crippen molar-refractivity contribution in [3.8, 4) is 5.75 Å². The Morgan fingerprint density at radius 1 is 1.10 bits per heavy atom. The van der Waals surface area contributed by atoms with Crippen LogP contribution >= 0.6 is 12.2 Å². The molecule has 7 heteroatoms. The van der Waals surface area contributed by atoms with Gasteiger partial charge in [0.25, 0.3) is 0 Å². The van der Waals surface area contributed by atoms with Crippen LogP contribution in [0.15, 0.2) is 67.0 Å². The van der Waals surface area contributed by atoms with E-state index in [2.05, 4.69) is 38.1 Å². The molecule has 0 amide bonds. The summed E-state index contributed by atoms with van der Waals surface area (Å²) in [6.07, 6.45) is 3.89. The van der Waals surface area contributed by atoms with Crippen molar-refractivity contribution in [2.24, 2.45) is 0 Å². The van der Waals surface area contributed by atoms with Crippen molar-refractivity contribution in [3.05, 3.63) is 78.4 Å². The maximum absolute atomic E-state index is 5.77. The van der Waals surface area contributed by atoms with Crippen LogP contribution in [-0.2, 0) is 11.3 Å². The first-order valence-electron chi connectivity index (χ1n) is 9.51. The number of rotatable bonds is 7. The molecule has 2 aromatic heterocycles. The van der Waals surface area contributed by atoms with Crippen molar-refractivity contribution in [3.63, 3.8) is 0 Å². The molecule has 0 spiro atoms. The number of methoxy groups -OCH3 is 2. The van der Waals surface area contributed by atoms with Crippen LogP contribution in [0.1, 0.15) is 23.5 Å². The van der Waals surface area contributed by atoms with Gasteiger partial charge >= 0.3 is 0 Å². The zero-order valence-corrected chi connectivity index (χ0v) is 17.3. The van der Waals surface area contributed by atoms with E-state index in [1.54, 1.807) is 14.2 Å². The molecule has 0 radical (unpaired) electrons. The SMILES string of the molecule is COCCn1cccc1[C@H]1[C@@H](c2ccccn2)NC(=S)N1c1cccc(OC)c1. The Labute approximate surface area is 176 Å². The lowest BCUT2D eigenvalue weighted by Crippen LogP contribution is -2.30. The van der Waals surface area contributed by atoms with Crippen LogP contribution in [0, 0.1) is 0 Å². The monoisotopic (exact) mass is 408 g/mol. The Balaban J connectivity index is 1.81. The van der Waals surface area contributed by atoms with Gasteiger partial charge in [-0.25, -0.2) is 0 Å². The predicted octanol–water partition coefficient (Wildman–Crippen LogP) is 3.72. The van der Waals surface area contributed by atoms with E-state index in [0.717, 1.165) is 29.4 Å². The van der Waals surface area contributed by atoms with Crippen LogP contribution in [-0.4, -0.2) is 35.5 Å². The molecule has 0 bridgehead atoms. The molecule has 6 nitrogen and oxygen atoms in total. The Kier molecular flexibility index (Phi) is 5.78. The molecular formula is C22H24N4O2S. The molecule has 0 aliphatic carbocycles. The second kappa shape index (κ2) is 8.63. The van der Waals surface area contributed by atoms with Gasteiger partial charge in [0.2, 0.25) is 0 Å². The maximum Gasteiger partial charge on any atom is 0.174 e. The summed E-state index contributed by atoms with van der Waals surface area (Å²) < 4.78 is 13.0. The molecule has 1 aliphatic heterocycles. The van der Waals surface area contributed by atoms with E-state index in [1.807, 2.05) is 48.7 Å². The minimum absolute atomic E-state index is 0.0589. The van der Waals surface area contributed by atoms with Crippen LogP contribution in [0.3, 0.4) is 0 Å². The minimum atomic E-state index is -0.0777. The summed E-state index contributed by atoms with van der Waals surface area (Å²) in [5.74, 6) is 0.792. The molecule has 3 heterocycles. The van der Waals surface area contributed by atoms with E-state index in [4.69, 9.17) is 21.7 Å². The number of hydrogen-bond donors (Lipinski definition) is 1. The topological polar surface area (TPSA) is 51.5 Å². The highest BCUT2D eigenvalue weighted by atomic mass is 32.1. The Hall–Kier alpha value is -2.90. The van der Waals surface area contributed by atoms with Crippen molar-refractivity contribution in [1.82, 2.24) is 14.9 Å². The van der Waals surface area contributed by atoms with Crippen molar-refractivity contribution in [1.29, 1.82) is 0 Å². The molecule has 1 fully saturated rings. The molecule has 0 unspecified atom stereocenters. The average molecular weight is 409 g/mol. The summed E-state index contributed by atoms with van der Waals surface area (Å²) in [7, 11) is 3.39. The first-order valence-corrected chi connectivity index (χ1v) is 9.92. The van der Waals surface area contributed by atoms with Gasteiger partial charge in [-0.1, -0.05) is 12.1 Å². The molecular weight excluding hydrogens is 384 g/mol. The standard InChI is InChI=1S/C22H24N4O2S/c1-27-14-13-25-12-6-10-19(25)21-20(18-9-3-4-11-23-18)24-22(29)26(21)16-7-5-8-17(15-16)28-2/h3-12,15,20-21H,13-14H2,1-2H3,(H,24,29)/t20-,21+/m1/s1. The van der Waals surface area contributed by atoms with Gasteiger partial charge in [-0.2, -0.15) is 0 Å². The fourth-order valence-corrected chi connectivity index (χ4v) is 4.13. The number of hydrogen-bond acceptors (Lipinski definition) is 4. The van der Waals surface area contributed by atoms with Crippen molar-refractivity contribution < 1.29 is 9.47 Å². The maximum atomic E-state index is 5.77. The van der Waals surface area contributed by atoms with Gasteiger partial charge in [-0.05, 0) is 48.6 Å². The molecule has 3 aromatic rings. The van der Waals surface area contributed by atoms with Crippen molar-refractivity contribution in [2.45, 2.75) is 18.6 Å². The highest BCUT2D eigenvalue weighted by Crippen LogP contribution is 2.42. The molecule has 1 aromatic carbocycles. The van der Waals surface area contributed by atoms with Gasteiger partial charge in [0, 0.05) is 43.5 Å². The third-order valence-corrected chi connectivity index (χ3v) is 5.45. The molecule has 4 rings (SSSR count). The predicted molar refractivity (Wildman–Crippen MR) is 117 cm³/mol. The summed E-state index contributed by atoms with van der Waals surface area (Å²) in [5.41, 5.74) is 3.07. The van der Waals surface area contributed by atoms with Gasteiger partial charge in [-0.3, -0.25) is 4.98 Å². The summed E-state index contributed by atoms with van der Waals surface area (Å²) in [5, 5.41) is 4.15. The van der Waals surface area contributed by atoms with Gasteiger partial charge < -0.3 is 24.3 Å². The Morgan fingerprint density at radius 2 is 2.00 bits per heavy atom. The molecule has 0 saturated carbocycles. The van der Waals surface area contributed by atoms with Crippen LogP contribution in [0.25, 0.3) is 0 Å². The molecule has 2 atom stereocenters. The summed E-state index contributed by atoms with van der Waals surface area (Å²) in [6, 6.07) is 18.0.